The van der Waals surface area contributed by atoms with Crippen molar-refractivity contribution in [2.24, 2.45) is 0 Å². The minimum absolute atomic E-state index is 0.128. The molecule has 0 saturated carbocycles. The van der Waals surface area contributed by atoms with Crippen molar-refractivity contribution in [3.8, 4) is 0 Å². The van der Waals surface area contributed by atoms with Gasteiger partial charge in [0.05, 0.1) is 6.26 Å². The lowest BCUT2D eigenvalue weighted by Gasteiger charge is -2.21. The first-order valence-corrected chi connectivity index (χ1v) is 11.1. The van der Waals surface area contributed by atoms with E-state index in [9.17, 15) is 13.2 Å². The molecule has 1 amide bonds. The molecule has 1 aromatic carbocycles. The van der Waals surface area contributed by atoms with E-state index in [0.717, 1.165) is 30.4 Å². The Morgan fingerprint density at radius 3 is 2.69 bits per heavy atom. The molecule has 0 aromatic heterocycles. The van der Waals surface area contributed by atoms with Gasteiger partial charge < -0.3 is 5.32 Å². The van der Waals surface area contributed by atoms with Crippen molar-refractivity contribution in [1.82, 2.24) is 9.62 Å². The minimum Gasteiger partial charge on any atom is -0.352 e. The Bertz CT molecular complexity index is 741. The van der Waals surface area contributed by atoms with Crippen LogP contribution < -0.4 is 5.32 Å². The SMILES string of the molecule is Cc1cccc(CNC(=O)CCN(CCC2=CCCCC2)S(C)(=O)=O)c1. The number of hydrogen-bond acceptors (Lipinski definition) is 3. The molecule has 1 N–H and O–H groups in total. The Morgan fingerprint density at radius 2 is 2.04 bits per heavy atom. The van der Waals surface area contributed by atoms with Crippen LogP contribution in [0.4, 0.5) is 0 Å². The van der Waals surface area contributed by atoms with E-state index >= 15 is 0 Å². The number of amides is 1. The molecule has 0 aliphatic heterocycles. The Morgan fingerprint density at radius 1 is 1.23 bits per heavy atom. The number of aryl methyl sites for hydroxylation is 1. The summed E-state index contributed by atoms with van der Waals surface area (Å²) >= 11 is 0. The predicted molar refractivity (Wildman–Crippen MR) is 105 cm³/mol. The quantitative estimate of drug-likeness (QED) is 0.671. The fourth-order valence-electron chi connectivity index (χ4n) is 3.18. The third-order valence-corrected chi connectivity index (χ3v) is 6.00. The molecule has 0 unspecified atom stereocenters. The highest BCUT2D eigenvalue weighted by Gasteiger charge is 2.18. The van der Waals surface area contributed by atoms with Gasteiger partial charge in [-0.3, -0.25) is 4.79 Å². The van der Waals surface area contributed by atoms with Crippen LogP contribution in [0.25, 0.3) is 0 Å². The van der Waals surface area contributed by atoms with E-state index in [1.54, 1.807) is 0 Å². The van der Waals surface area contributed by atoms with E-state index < -0.39 is 10.0 Å². The van der Waals surface area contributed by atoms with Crippen molar-refractivity contribution < 1.29 is 13.2 Å². The lowest BCUT2D eigenvalue weighted by molar-refractivity contribution is -0.121. The van der Waals surface area contributed by atoms with Crippen LogP contribution in [0.1, 0.15) is 49.7 Å². The normalized spacial score (nSPS) is 15.0. The molecule has 6 heteroatoms. The van der Waals surface area contributed by atoms with Crippen molar-refractivity contribution in [1.29, 1.82) is 0 Å². The number of carbonyl (C=O) groups is 1. The van der Waals surface area contributed by atoms with Crippen LogP contribution in [0.3, 0.4) is 0 Å². The van der Waals surface area contributed by atoms with Gasteiger partial charge in [-0.15, -0.1) is 0 Å². The fourth-order valence-corrected chi connectivity index (χ4v) is 4.03. The largest absolute Gasteiger partial charge is 0.352 e. The Kier molecular flexibility index (Phi) is 7.85. The first-order chi connectivity index (χ1) is 12.3. The van der Waals surface area contributed by atoms with Crippen molar-refractivity contribution >= 4 is 15.9 Å². The zero-order chi connectivity index (χ0) is 19.0. The monoisotopic (exact) mass is 378 g/mol. The molecule has 2 rings (SSSR count). The molecule has 0 radical (unpaired) electrons. The van der Waals surface area contributed by atoms with Gasteiger partial charge in [0, 0.05) is 26.1 Å². The van der Waals surface area contributed by atoms with Crippen molar-refractivity contribution in [2.75, 3.05) is 19.3 Å². The lowest BCUT2D eigenvalue weighted by atomic mass is 9.97. The summed E-state index contributed by atoms with van der Waals surface area (Å²) < 4.78 is 25.4. The molecular weight excluding hydrogens is 348 g/mol. The van der Waals surface area contributed by atoms with Gasteiger partial charge in [0.1, 0.15) is 0 Å². The maximum Gasteiger partial charge on any atom is 0.221 e. The molecular formula is C20H30N2O3S. The minimum atomic E-state index is -3.31. The van der Waals surface area contributed by atoms with Gasteiger partial charge in [-0.2, -0.15) is 0 Å². The molecule has 0 fully saturated rings. The summed E-state index contributed by atoms with van der Waals surface area (Å²) in [5.41, 5.74) is 3.54. The van der Waals surface area contributed by atoms with Gasteiger partial charge >= 0.3 is 0 Å². The smallest absolute Gasteiger partial charge is 0.221 e. The topological polar surface area (TPSA) is 66.5 Å². The summed E-state index contributed by atoms with van der Waals surface area (Å²) in [5, 5.41) is 2.87. The maximum absolute atomic E-state index is 12.1. The molecule has 1 aliphatic rings. The number of hydrogen-bond donors (Lipinski definition) is 1. The average Bonchev–Trinajstić information content (AvgIpc) is 2.59. The van der Waals surface area contributed by atoms with Crippen LogP contribution in [0.15, 0.2) is 35.9 Å². The second-order valence-corrected chi connectivity index (χ2v) is 9.02. The summed E-state index contributed by atoms with van der Waals surface area (Å²) in [6, 6.07) is 7.97. The number of benzene rings is 1. The highest BCUT2D eigenvalue weighted by molar-refractivity contribution is 7.88. The Hall–Kier alpha value is -1.66. The summed E-state index contributed by atoms with van der Waals surface area (Å²) in [6.45, 7) is 3.16. The molecule has 5 nitrogen and oxygen atoms in total. The first kappa shape index (κ1) is 20.6. The number of nitrogens with zero attached hydrogens (tertiary/aromatic N) is 1. The molecule has 144 valence electrons. The van der Waals surface area contributed by atoms with E-state index in [4.69, 9.17) is 0 Å². The highest BCUT2D eigenvalue weighted by Crippen LogP contribution is 2.20. The highest BCUT2D eigenvalue weighted by atomic mass is 32.2. The van der Waals surface area contributed by atoms with Crippen molar-refractivity contribution in [2.45, 2.75) is 52.0 Å². The van der Waals surface area contributed by atoms with Crippen LogP contribution in [-0.4, -0.2) is 38.0 Å². The van der Waals surface area contributed by atoms with Gasteiger partial charge in [-0.05, 0) is 44.6 Å². The summed E-state index contributed by atoms with van der Waals surface area (Å²) in [6.07, 6.45) is 8.96. The summed E-state index contributed by atoms with van der Waals surface area (Å²) in [4.78, 5) is 12.1. The van der Waals surface area contributed by atoms with Gasteiger partial charge in [0.2, 0.25) is 15.9 Å². The van der Waals surface area contributed by atoms with E-state index in [0.29, 0.717) is 13.1 Å². The van der Waals surface area contributed by atoms with E-state index in [-0.39, 0.29) is 18.9 Å². The van der Waals surface area contributed by atoms with Crippen molar-refractivity contribution in [3.63, 3.8) is 0 Å². The molecule has 0 atom stereocenters. The van der Waals surface area contributed by atoms with E-state index in [2.05, 4.69) is 11.4 Å². The molecule has 1 aliphatic carbocycles. The molecule has 26 heavy (non-hydrogen) atoms. The molecule has 0 spiro atoms. The van der Waals surface area contributed by atoms with Crippen LogP contribution in [0, 0.1) is 6.92 Å². The lowest BCUT2D eigenvalue weighted by Crippen LogP contribution is -2.35. The second kappa shape index (κ2) is 9.88. The van der Waals surface area contributed by atoms with Crippen molar-refractivity contribution in [3.05, 3.63) is 47.0 Å². The third kappa shape index (κ3) is 7.30. The van der Waals surface area contributed by atoms with E-state index in [1.165, 1.54) is 29.0 Å². The zero-order valence-electron chi connectivity index (χ0n) is 15.8. The number of allylic oxidation sites excluding steroid dienone is 1. The summed E-state index contributed by atoms with van der Waals surface area (Å²) in [5.74, 6) is -0.128. The van der Waals surface area contributed by atoms with Gasteiger partial charge in [0.25, 0.3) is 0 Å². The predicted octanol–water partition coefficient (Wildman–Crippen LogP) is 3.15. The van der Waals surface area contributed by atoms with Gasteiger partial charge in [-0.25, -0.2) is 12.7 Å². The zero-order valence-corrected chi connectivity index (χ0v) is 16.6. The second-order valence-electron chi connectivity index (χ2n) is 7.04. The maximum atomic E-state index is 12.1. The molecule has 1 aromatic rings. The number of carbonyl (C=O) groups excluding carboxylic acids is 1. The summed E-state index contributed by atoms with van der Waals surface area (Å²) in [7, 11) is -3.31. The van der Waals surface area contributed by atoms with Crippen LogP contribution in [-0.2, 0) is 21.4 Å². The number of nitrogens with one attached hydrogen (secondary N) is 1. The van der Waals surface area contributed by atoms with Crippen LogP contribution in [0.5, 0.6) is 0 Å². The molecule has 0 heterocycles. The molecule has 0 saturated heterocycles. The van der Waals surface area contributed by atoms with E-state index in [1.807, 2.05) is 31.2 Å². The average molecular weight is 379 g/mol. The Balaban J connectivity index is 1.80. The number of rotatable bonds is 9. The van der Waals surface area contributed by atoms with Crippen LogP contribution in [0.2, 0.25) is 0 Å². The third-order valence-electron chi connectivity index (χ3n) is 4.70. The molecule has 0 bridgehead atoms. The fraction of sp³-hybridized carbons (Fsp3) is 0.550. The standard InChI is InChI=1S/C20H30N2O3S/c1-17-7-6-10-19(15-17)16-21-20(23)12-14-22(26(2,24)25)13-11-18-8-4-3-5-9-18/h6-8,10,15H,3-5,9,11-14,16H2,1-2H3,(H,21,23). The van der Waals surface area contributed by atoms with Gasteiger partial charge in [-0.1, -0.05) is 41.5 Å². The van der Waals surface area contributed by atoms with Crippen LogP contribution >= 0.6 is 0 Å². The number of sulfonamides is 1. The van der Waals surface area contributed by atoms with Gasteiger partial charge in [0.15, 0.2) is 0 Å². The first-order valence-electron chi connectivity index (χ1n) is 9.30. The Labute approximate surface area is 157 Å².